The lowest BCUT2D eigenvalue weighted by Crippen LogP contribution is -2.12. The van der Waals surface area contributed by atoms with Crippen LogP contribution in [0.2, 0.25) is 0 Å². The Morgan fingerprint density at radius 3 is 2.75 bits per heavy atom. The normalized spacial score (nSPS) is 10.3. The van der Waals surface area contributed by atoms with Crippen LogP contribution < -0.4 is 5.32 Å². The number of benzene rings is 2. The van der Waals surface area contributed by atoms with Crippen molar-refractivity contribution >= 4 is 39.3 Å². The van der Waals surface area contributed by atoms with E-state index in [9.17, 15) is 4.79 Å². The summed E-state index contributed by atoms with van der Waals surface area (Å²) < 4.78 is 1.01. The molecule has 0 atom stereocenters. The Hall–Kier alpha value is -1.26. The predicted molar refractivity (Wildman–Crippen MR) is 90.5 cm³/mol. The van der Waals surface area contributed by atoms with Gasteiger partial charge in [0.25, 0.3) is 5.91 Å². The summed E-state index contributed by atoms with van der Waals surface area (Å²) in [7, 11) is 0. The first-order valence-electron chi connectivity index (χ1n) is 6.25. The molecule has 2 nitrogen and oxygen atoms in total. The molecule has 1 N–H and O–H groups in total. The monoisotopic (exact) mass is 349 g/mol. The van der Waals surface area contributed by atoms with E-state index in [-0.39, 0.29) is 5.91 Å². The van der Waals surface area contributed by atoms with Crippen molar-refractivity contribution in [3.63, 3.8) is 0 Å². The van der Waals surface area contributed by atoms with E-state index in [2.05, 4.69) is 27.5 Å². The third-order valence-corrected chi connectivity index (χ3v) is 4.05. The molecular formula is C16H16BrNOS. The van der Waals surface area contributed by atoms with E-state index in [1.807, 2.05) is 49.4 Å². The molecule has 0 fully saturated rings. The molecule has 104 valence electrons. The van der Waals surface area contributed by atoms with Gasteiger partial charge in [-0.2, -0.15) is 11.8 Å². The first kappa shape index (κ1) is 15.1. The molecule has 4 heteroatoms. The summed E-state index contributed by atoms with van der Waals surface area (Å²) in [6.07, 6.45) is 2.05. The Morgan fingerprint density at radius 1 is 1.25 bits per heavy atom. The highest BCUT2D eigenvalue weighted by molar-refractivity contribution is 9.10. The van der Waals surface area contributed by atoms with Crippen LogP contribution >= 0.6 is 27.7 Å². The second-order valence-electron chi connectivity index (χ2n) is 4.55. The fraction of sp³-hybridized carbons (Fsp3) is 0.188. The standard InChI is InChI=1S/C16H16BrNOS/c1-11-8-14(17)6-7-15(11)18-16(19)13-5-3-4-12(9-13)10-20-2/h3-9H,10H2,1-2H3,(H,18,19). The fourth-order valence-electron chi connectivity index (χ4n) is 1.93. The number of halogens is 1. The van der Waals surface area contributed by atoms with Crippen LogP contribution in [0.4, 0.5) is 5.69 Å². The van der Waals surface area contributed by atoms with Gasteiger partial charge < -0.3 is 5.32 Å². The lowest BCUT2D eigenvalue weighted by atomic mass is 10.1. The van der Waals surface area contributed by atoms with Crippen molar-refractivity contribution in [1.29, 1.82) is 0 Å². The lowest BCUT2D eigenvalue weighted by Gasteiger charge is -2.09. The van der Waals surface area contributed by atoms with Gasteiger partial charge in [-0.05, 0) is 54.6 Å². The summed E-state index contributed by atoms with van der Waals surface area (Å²) in [6.45, 7) is 1.98. The molecule has 0 aliphatic rings. The Bertz CT molecular complexity index is 628. The highest BCUT2D eigenvalue weighted by atomic mass is 79.9. The zero-order valence-electron chi connectivity index (χ0n) is 11.4. The van der Waals surface area contributed by atoms with E-state index in [1.165, 1.54) is 0 Å². The smallest absolute Gasteiger partial charge is 0.255 e. The minimum atomic E-state index is -0.0709. The Balaban J connectivity index is 2.17. The number of aryl methyl sites for hydroxylation is 1. The van der Waals surface area contributed by atoms with Crippen LogP contribution in [0.25, 0.3) is 0 Å². The highest BCUT2D eigenvalue weighted by Gasteiger charge is 2.08. The molecule has 0 radical (unpaired) electrons. The molecule has 0 aliphatic carbocycles. The average Bonchev–Trinajstić information content (AvgIpc) is 2.42. The predicted octanol–water partition coefficient (Wildman–Crippen LogP) is 4.87. The first-order valence-corrected chi connectivity index (χ1v) is 8.44. The van der Waals surface area contributed by atoms with Crippen LogP contribution in [0.15, 0.2) is 46.9 Å². The number of anilines is 1. The van der Waals surface area contributed by atoms with Gasteiger partial charge >= 0.3 is 0 Å². The van der Waals surface area contributed by atoms with Crippen molar-refractivity contribution in [3.8, 4) is 0 Å². The molecule has 1 amide bonds. The summed E-state index contributed by atoms with van der Waals surface area (Å²) in [6, 6.07) is 13.6. The maximum absolute atomic E-state index is 12.3. The number of carbonyl (C=O) groups excluding carboxylic acids is 1. The summed E-state index contributed by atoms with van der Waals surface area (Å²) in [5.41, 5.74) is 3.73. The van der Waals surface area contributed by atoms with E-state index >= 15 is 0 Å². The first-order chi connectivity index (χ1) is 9.60. The quantitative estimate of drug-likeness (QED) is 0.852. The Morgan fingerprint density at radius 2 is 2.05 bits per heavy atom. The maximum atomic E-state index is 12.3. The average molecular weight is 350 g/mol. The molecule has 0 unspecified atom stereocenters. The van der Waals surface area contributed by atoms with Gasteiger partial charge in [-0.1, -0.05) is 28.1 Å². The molecule has 0 bridgehead atoms. The third kappa shape index (κ3) is 3.87. The molecule has 0 saturated heterocycles. The van der Waals surface area contributed by atoms with Crippen LogP contribution in [0, 0.1) is 6.92 Å². The number of thioether (sulfide) groups is 1. The van der Waals surface area contributed by atoms with Gasteiger partial charge in [-0.3, -0.25) is 4.79 Å². The van der Waals surface area contributed by atoms with Crippen molar-refractivity contribution in [2.24, 2.45) is 0 Å². The Kier molecular flexibility index (Phi) is 5.26. The molecule has 0 saturated carbocycles. The van der Waals surface area contributed by atoms with Crippen molar-refractivity contribution in [2.45, 2.75) is 12.7 Å². The van der Waals surface area contributed by atoms with Gasteiger partial charge in [0.2, 0.25) is 0 Å². The van der Waals surface area contributed by atoms with Crippen molar-refractivity contribution in [2.75, 3.05) is 11.6 Å². The molecule has 0 aliphatic heterocycles. The molecule has 2 rings (SSSR count). The van der Waals surface area contributed by atoms with Gasteiger partial charge in [0.05, 0.1) is 0 Å². The minimum absolute atomic E-state index is 0.0709. The summed E-state index contributed by atoms with van der Waals surface area (Å²) in [4.78, 5) is 12.3. The Labute approximate surface area is 132 Å². The molecule has 20 heavy (non-hydrogen) atoms. The zero-order chi connectivity index (χ0) is 14.5. The van der Waals surface area contributed by atoms with Crippen LogP contribution in [0.1, 0.15) is 21.5 Å². The van der Waals surface area contributed by atoms with Crippen LogP contribution in [-0.4, -0.2) is 12.2 Å². The summed E-state index contributed by atoms with van der Waals surface area (Å²) in [5.74, 6) is 0.844. The van der Waals surface area contributed by atoms with Crippen LogP contribution in [-0.2, 0) is 5.75 Å². The third-order valence-electron chi connectivity index (χ3n) is 2.94. The second-order valence-corrected chi connectivity index (χ2v) is 6.33. The van der Waals surface area contributed by atoms with Gasteiger partial charge in [-0.15, -0.1) is 0 Å². The van der Waals surface area contributed by atoms with Crippen molar-refractivity contribution < 1.29 is 4.79 Å². The number of rotatable bonds is 4. The van der Waals surface area contributed by atoms with E-state index in [1.54, 1.807) is 11.8 Å². The number of nitrogens with one attached hydrogen (secondary N) is 1. The van der Waals surface area contributed by atoms with Gasteiger partial charge in [0.15, 0.2) is 0 Å². The van der Waals surface area contributed by atoms with Crippen molar-refractivity contribution in [3.05, 3.63) is 63.6 Å². The number of hydrogen-bond donors (Lipinski definition) is 1. The highest BCUT2D eigenvalue weighted by Crippen LogP contribution is 2.21. The van der Waals surface area contributed by atoms with E-state index in [0.29, 0.717) is 5.56 Å². The molecule has 2 aromatic carbocycles. The second kappa shape index (κ2) is 6.95. The van der Waals surface area contributed by atoms with E-state index in [4.69, 9.17) is 0 Å². The fourth-order valence-corrected chi connectivity index (χ4v) is 2.92. The molecule has 2 aromatic rings. The SMILES string of the molecule is CSCc1cccc(C(=O)Nc2ccc(Br)cc2C)c1. The largest absolute Gasteiger partial charge is 0.322 e. The molecule has 0 aromatic heterocycles. The lowest BCUT2D eigenvalue weighted by molar-refractivity contribution is 0.102. The summed E-state index contributed by atoms with van der Waals surface area (Å²) in [5, 5.41) is 2.96. The maximum Gasteiger partial charge on any atom is 0.255 e. The van der Waals surface area contributed by atoms with Crippen LogP contribution in [0.5, 0.6) is 0 Å². The van der Waals surface area contributed by atoms with Gasteiger partial charge in [-0.25, -0.2) is 0 Å². The number of amides is 1. The molecule has 0 spiro atoms. The summed E-state index contributed by atoms with van der Waals surface area (Å²) >= 11 is 5.17. The molecular weight excluding hydrogens is 334 g/mol. The minimum Gasteiger partial charge on any atom is -0.322 e. The van der Waals surface area contributed by atoms with Crippen molar-refractivity contribution in [1.82, 2.24) is 0 Å². The number of carbonyl (C=O) groups is 1. The van der Waals surface area contributed by atoms with Crippen LogP contribution in [0.3, 0.4) is 0 Å². The molecule has 0 heterocycles. The topological polar surface area (TPSA) is 29.1 Å². The van der Waals surface area contributed by atoms with E-state index < -0.39 is 0 Å². The number of hydrogen-bond acceptors (Lipinski definition) is 2. The van der Waals surface area contributed by atoms with E-state index in [0.717, 1.165) is 27.0 Å². The van der Waals surface area contributed by atoms with Gasteiger partial charge in [0.1, 0.15) is 0 Å². The van der Waals surface area contributed by atoms with Gasteiger partial charge in [0, 0.05) is 21.5 Å². The zero-order valence-corrected chi connectivity index (χ0v) is 13.8.